The average molecular weight is 510 g/mol. The van der Waals surface area contributed by atoms with Gasteiger partial charge in [-0.3, -0.25) is 0 Å². The third-order valence-corrected chi connectivity index (χ3v) is 6.40. The number of ether oxygens (including phenoxy) is 3. The second kappa shape index (κ2) is 12.7. The van der Waals surface area contributed by atoms with E-state index >= 15 is 0 Å². The molecule has 0 heterocycles. The monoisotopic (exact) mass is 509 g/mol. The average Bonchev–Trinajstić information content (AvgIpc) is 2.74. The van der Waals surface area contributed by atoms with Gasteiger partial charge in [0.1, 0.15) is 17.1 Å². The van der Waals surface area contributed by atoms with Gasteiger partial charge >= 0.3 is 6.16 Å². The molecule has 8 heteroatoms. The van der Waals surface area contributed by atoms with E-state index in [1.165, 1.54) is 11.8 Å². The molecule has 0 aliphatic heterocycles. The van der Waals surface area contributed by atoms with Crippen LogP contribution in [-0.4, -0.2) is 35.6 Å². The van der Waals surface area contributed by atoms with Gasteiger partial charge in [-0.25, -0.2) is 4.79 Å². The molecule has 6 nitrogen and oxygen atoms in total. The summed E-state index contributed by atoms with van der Waals surface area (Å²) in [4.78, 5) is 13.8. The predicted octanol–water partition coefficient (Wildman–Crippen LogP) is 6.63. The fraction of sp³-hybridized carbons (Fsp3) is 0.500. The lowest BCUT2D eigenvalue weighted by Crippen LogP contribution is -2.43. The maximum atomic E-state index is 12.2. The third-order valence-electron chi connectivity index (χ3n) is 5.02. The molecule has 0 saturated heterocycles. The number of hydrogen-bond donors (Lipinski definition) is 2. The van der Waals surface area contributed by atoms with Gasteiger partial charge in [0.15, 0.2) is 0 Å². The Morgan fingerprint density at radius 2 is 1.85 bits per heavy atom. The minimum atomic E-state index is -0.770. The van der Waals surface area contributed by atoms with Crippen molar-refractivity contribution in [3.8, 4) is 11.5 Å². The van der Waals surface area contributed by atoms with E-state index < -0.39 is 17.3 Å². The molecule has 0 fully saturated rings. The number of rotatable bonds is 11. The first-order chi connectivity index (χ1) is 16.0. The SMILES string of the molecule is CCC[C@@](N)(CO)CCc1ccc(Sc2cc(OCC)ccc2OC(=O)OC(C)(C)C)cc1Cl. The Balaban J connectivity index is 2.21. The number of hydrogen-bond acceptors (Lipinski definition) is 7. The van der Waals surface area contributed by atoms with E-state index in [1.807, 2.05) is 31.2 Å². The van der Waals surface area contributed by atoms with Gasteiger partial charge in [-0.2, -0.15) is 0 Å². The van der Waals surface area contributed by atoms with Crippen LogP contribution in [0.15, 0.2) is 46.2 Å². The van der Waals surface area contributed by atoms with Gasteiger partial charge < -0.3 is 25.1 Å². The highest BCUT2D eigenvalue weighted by atomic mass is 35.5. The summed E-state index contributed by atoms with van der Waals surface area (Å²) in [7, 11) is 0. The summed E-state index contributed by atoms with van der Waals surface area (Å²) in [6.07, 6.45) is 2.22. The van der Waals surface area contributed by atoms with Gasteiger partial charge in [-0.15, -0.1) is 0 Å². The van der Waals surface area contributed by atoms with Crippen molar-refractivity contribution in [3.05, 3.63) is 47.0 Å². The Kier molecular flexibility index (Phi) is 10.6. The van der Waals surface area contributed by atoms with Crippen LogP contribution in [0.3, 0.4) is 0 Å². The molecular weight excluding hydrogens is 474 g/mol. The third kappa shape index (κ3) is 9.02. The summed E-state index contributed by atoms with van der Waals surface area (Å²) >= 11 is 7.99. The van der Waals surface area contributed by atoms with Crippen molar-refractivity contribution in [2.75, 3.05) is 13.2 Å². The molecule has 0 spiro atoms. The van der Waals surface area contributed by atoms with Crippen molar-refractivity contribution in [2.45, 2.75) is 81.2 Å². The molecule has 0 saturated carbocycles. The normalized spacial score (nSPS) is 13.3. The van der Waals surface area contributed by atoms with E-state index in [0.29, 0.717) is 40.9 Å². The van der Waals surface area contributed by atoms with Gasteiger partial charge in [0.2, 0.25) is 0 Å². The first kappa shape index (κ1) is 28.3. The number of halogens is 1. The highest BCUT2D eigenvalue weighted by Gasteiger charge is 2.23. The molecule has 2 rings (SSSR count). The number of carbonyl (C=O) groups is 1. The summed E-state index contributed by atoms with van der Waals surface area (Å²) in [6.45, 7) is 9.77. The molecule has 2 aromatic rings. The Hall–Kier alpha value is -1.93. The molecule has 0 aromatic heterocycles. The van der Waals surface area contributed by atoms with Crippen molar-refractivity contribution in [3.63, 3.8) is 0 Å². The predicted molar refractivity (Wildman–Crippen MR) is 137 cm³/mol. The van der Waals surface area contributed by atoms with Crippen molar-refractivity contribution in [2.24, 2.45) is 5.73 Å². The fourth-order valence-electron chi connectivity index (χ4n) is 3.36. The summed E-state index contributed by atoms with van der Waals surface area (Å²) in [6, 6.07) is 11.1. The second-order valence-electron chi connectivity index (χ2n) is 9.23. The first-order valence-corrected chi connectivity index (χ1v) is 12.7. The molecule has 0 radical (unpaired) electrons. The standard InChI is InChI=1S/C26H36ClNO5S/c1-6-13-26(28,17-29)14-12-18-8-10-20(16-21(18)27)34-23-15-19(31-7-2)9-11-22(23)32-24(30)33-25(3,4)5/h8-11,15-16,29H,6-7,12-14,17,28H2,1-5H3/t26-/m0/s1. The Bertz CT molecular complexity index is 963. The zero-order valence-corrected chi connectivity index (χ0v) is 22.2. The van der Waals surface area contributed by atoms with Gasteiger partial charge in [-0.1, -0.05) is 42.8 Å². The van der Waals surface area contributed by atoms with E-state index in [2.05, 4.69) is 6.92 Å². The Morgan fingerprint density at radius 3 is 2.44 bits per heavy atom. The molecule has 0 aliphatic carbocycles. The highest BCUT2D eigenvalue weighted by Crippen LogP contribution is 2.39. The van der Waals surface area contributed by atoms with Gasteiger partial charge in [0, 0.05) is 15.5 Å². The fourth-order valence-corrected chi connectivity index (χ4v) is 4.65. The zero-order chi connectivity index (χ0) is 25.4. The van der Waals surface area contributed by atoms with Gasteiger partial charge in [-0.05, 0) is 82.9 Å². The molecule has 0 unspecified atom stereocenters. The Morgan fingerprint density at radius 1 is 1.12 bits per heavy atom. The maximum absolute atomic E-state index is 12.2. The Labute approximate surface area is 212 Å². The molecule has 0 bridgehead atoms. The molecular formula is C26H36ClNO5S. The van der Waals surface area contributed by atoms with Crippen LogP contribution in [0, 0.1) is 0 Å². The van der Waals surface area contributed by atoms with Crippen molar-refractivity contribution >= 4 is 29.5 Å². The quantitative estimate of drug-likeness (QED) is 0.259. The lowest BCUT2D eigenvalue weighted by molar-refractivity contribution is 0.0200. The van der Waals surface area contributed by atoms with Crippen molar-refractivity contribution < 1.29 is 24.1 Å². The van der Waals surface area contributed by atoms with Gasteiger partial charge in [0.25, 0.3) is 0 Å². The number of nitrogens with two attached hydrogens (primary N) is 1. The first-order valence-electron chi connectivity index (χ1n) is 11.5. The second-order valence-corrected chi connectivity index (χ2v) is 10.8. The lowest BCUT2D eigenvalue weighted by atomic mass is 9.89. The van der Waals surface area contributed by atoms with Crippen LogP contribution in [-0.2, 0) is 11.2 Å². The number of aliphatic hydroxyl groups excluding tert-OH is 1. The molecule has 1 atom stereocenters. The van der Waals surface area contributed by atoms with Gasteiger partial charge in [0.05, 0.1) is 18.1 Å². The van der Waals surface area contributed by atoms with E-state index in [9.17, 15) is 9.90 Å². The lowest BCUT2D eigenvalue weighted by Gasteiger charge is -2.27. The van der Waals surface area contributed by atoms with E-state index in [4.69, 9.17) is 31.5 Å². The maximum Gasteiger partial charge on any atom is 0.514 e. The van der Waals surface area contributed by atoms with E-state index in [1.54, 1.807) is 32.9 Å². The van der Waals surface area contributed by atoms with Crippen molar-refractivity contribution in [1.29, 1.82) is 0 Å². The van der Waals surface area contributed by atoms with Crippen LogP contribution in [0.25, 0.3) is 0 Å². The molecule has 188 valence electrons. The minimum absolute atomic E-state index is 0.0526. The molecule has 34 heavy (non-hydrogen) atoms. The van der Waals surface area contributed by atoms with Crippen LogP contribution in [0.1, 0.15) is 59.4 Å². The molecule has 2 aromatic carbocycles. The van der Waals surface area contributed by atoms with Crippen LogP contribution < -0.4 is 15.2 Å². The summed E-state index contributed by atoms with van der Waals surface area (Å²) in [5.74, 6) is 1.04. The molecule has 0 aliphatic rings. The molecule has 3 N–H and O–H groups in total. The number of aliphatic hydroxyl groups is 1. The number of aryl methyl sites for hydroxylation is 1. The topological polar surface area (TPSA) is 91.0 Å². The molecule has 0 amide bonds. The summed E-state index contributed by atoms with van der Waals surface area (Å²) in [5.41, 5.74) is 6.02. The van der Waals surface area contributed by atoms with Crippen LogP contribution in [0.2, 0.25) is 5.02 Å². The number of carbonyl (C=O) groups excluding carboxylic acids is 1. The smallest absolute Gasteiger partial charge is 0.494 e. The van der Waals surface area contributed by atoms with Crippen molar-refractivity contribution in [1.82, 2.24) is 0 Å². The van der Waals surface area contributed by atoms with E-state index in [0.717, 1.165) is 23.3 Å². The van der Waals surface area contributed by atoms with Crippen LogP contribution in [0.5, 0.6) is 11.5 Å². The largest absolute Gasteiger partial charge is 0.514 e. The minimum Gasteiger partial charge on any atom is -0.494 e. The van der Waals surface area contributed by atoms with Crippen LogP contribution >= 0.6 is 23.4 Å². The number of benzene rings is 2. The summed E-state index contributed by atoms with van der Waals surface area (Å²) in [5, 5.41) is 10.3. The zero-order valence-electron chi connectivity index (χ0n) is 20.7. The summed E-state index contributed by atoms with van der Waals surface area (Å²) < 4.78 is 16.4. The van der Waals surface area contributed by atoms with Crippen LogP contribution in [0.4, 0.5) is 4.79 Å². The highest BCUT2D eigenvalue weighted by molar-refractivity contribution is 7.99. The van der Waals surface area contributed by atoms with E-state index in [-0.39, 0.29) is 6.61 Å².